The van der Waals surface area contributed by atoms with E-state index in [-0.39, 0.29) is 12.0 Å². The Hall–Kier alpha value is -0.640. The number of fused-ring (bicyclic) bond motifs is 1. The van der Waals surface area contributed by atoms with E-state index in [1.165, 1.54) is 64.3 Å². The number of aliphatic hydroxyl groups excluding tert-OH is 1. The van der Waals surface area contributed by atoms with Crippen LogP contribution in [-0.4, -0.2) is 47.5 Å². The summed E-state index contributed by atoms with van der Waals surface area (Å²) in [6.45, 7) is 3.20. The Labute approximate surface area is 172 Å². The minimum Gasteiger partial charge on any atom is -0.392 e. The summed E-state index contributed by atoms with van der Waals surface area (Å²) in [5.41, 5.74) is 1.05. The zero-order valence-corrected chi connectivity index (χ0v) is 18.4. The summed E-state index contributed by atoms with van der Waals surface area (Å²) >= 11 is 0. The lowest BCUT2D eigenvalue weighted by atomic mass is 9.83. The van der Waals surface area contributed by atoms with E-state index < -0.39 is 5.60 Å². The monoisotopic (exact) mass is 389 g/mol. The van der Waals surface area contributed by atoms with Crippen LogP contribution in [0, 0.1) is 23.7 Å². The van der Waals surface area contributed by atoms with Gasteiger partial charge in [0.15, 0.2) is 0 Å². The van der Waals surface area contributed by atoms with Crippen LogP contribution < -0.4 is 0 Å². The fraction of sp³-hybridized carbons (Fsp3) is 0.840. The highest BCUT2D eigenvalue weighted by molar-refractivity contribution is 5.20. The van der Waals surface area contributed by atoms with Gasteiger partial charge in [-0.25, -0.2) is 0 Å². The summed E-state index contributed by atoms with van der Waals surface area (Å²) in [4.78, 5) is 2.27. The van der Waals surface area contributed by atoms with E-state index in [0.29, 0.717) is 17.8 Å². The molecule has 3 rings (SSSR count). The number of nitrogens with zero attached hydrogens (tertiary/aromatic N) is 1. The highest BCUT2D eigenvalue weighted by atomic mass is 16.3. The third-order valence-electron chi connectivity index (χ3n) is 7.68. The van der Waals surface area contributed by atoms with Crippen molar-refractivity contribution in [1.29, 1.82) is 0 Å². The number of unbranched alkanes of at least 4 members (excludes halogenated alkanes) is 2. The van der Waals surface area contributed by atoms with Crippen LogP contribution in [0.3, 0.4) is 0 Å². The first kappa shape index (κ1) is 22.1. The molecule has 3 nitrogen and oxygen atoms in total. The molecule has 0 spiro atoms. The molecule has 5 atom stereocenters. The highest BCUT2D eigenvalue weighted by Crippen LogP contribution is 2.48. The van der Waals surface area contributed by atoms with Gasteiger partial charge in [0.1, 0.15) is 0 Å². The third kappa shape index (κ3) is 5.70. The molecular weight excluding hydrogens is 346 g/mol. The molecule has 0 heterocycles. The normalized spacial score (nSPS) is 33.0. The molecule has 28 heavy (non-hydrogen) atoms. The lowest BCUT2D eigenvalue weighted by Gasteiger charge is -2.29. The summed E-state index contributed by atoms with van der Waals surface area (Å²) in [5.74, 6) is 1.87. The molecule has 3 heteroatoms. The van der Waals surface area contributed by atoms with Gasteiger partial charge >= 0.3 is 0 Å². The molecule has 0 aliphatic heterocycles. The molecule has 2 saturated carbocycles. The lowest BCUT2D eigenvalue weighted by molar-refractivity contribution is 0.00416. The average Bonchev–Trinajstić information content (AvgIpc) is 3.33. The summed E-state index contributed by atoms with van der Waals surface area (Å²) < 4.78 is 0. The Balaban J connectivity index is 1.44. The molecule has 0 saturated heterocycles. The summed E-state index contributed by atoms with van der Waals surface area (Å²) in [5, 5.41) is 21.4. The molecule has 0 aromatic carbocycles. The fourth-order valence-corrected chi connectivity index (χ4v) is 5.93. The molecule has 0 aromatic rings. The van der Waals surface area contributed by atoms with E-state index in [1.807, 2.05) is 6.92 Å². The first-order chi connectivity index (χ1) is 13.4. The summed E-state index contributed by atoms with van der Waals surface area (Å²) in [6.07, 6.45) is 19.5. The van der Waals surface area contributed by atoms with Crippen LogP contribution in [0.15, 0.2) is 23.8 Å². The largest absolute Gasteiger partial charge is 0.392 e. The second-order valence-electron chi connectivity index (χ2n) is 10.3. The maximum atomic E-state index is 10.8. The lowest BCUT2D eigenvalue weighted by Crippen LogP contribution is -2.32. The van der Waals surface area contributed by atoms with E-state index in [2.05, 4.69) is 37.2 Å². The quantitative estimate of drug-likeness (QED) is 0.411. The number of aliphatic hydroxyl groups is 2. The average molecular weight is 390 g/mol. The number of hydrogen-bond donors (Lipinski definition) is 2. The van der Waals surface area contributed by atoms with E-state index in [9.17, 15) is 10.2 Å². The molecule has 0 unspecified atom stereocenters. The van der Waals surface area contributed by atoms with Crippen molar-refractivity contribution in [2.24, 2.45) is 23.7 Å². The van der Waals surface area contributed by atoms with Gasteiger partial charge in [-0.1, -0.05) is 43.1 Å². The van der Waals surface area contributed by atoms with E-state index in [1.54, 1.807) is 5.57 Å². The summed E-state index contributed by atoms with van der Waals surface area (Å²) in [7, 11) is 4.29. The maximum Gasteiger partial charge on any atom is 0.0682 e. The van der Waals surface area contributed by atoms with Gasteiger partial charge in [-0.2, -0.15) is 0 Å². The van der Waals surface area contributed by atoms with Gasteiger partial charge in [0.05, 0.1) is 11.7 Å². The predicted octanol–water partition coefficient (Wildman–Crippen LogP) is 4.94. The molecule has 2 N–H and O–H groups in total. The van der Waals surface area contributed by atoms with Crippen LogP contribution in [0.1, 0.15) is 77.6 Å². The zero-order chi connectivity index (χ0) is 20.1. The van der Waals surface area contributed by atoms with Gasteiger partial charge in [-0.15, -0.1) is 0 Å². The van der Waals surface area contributed by atoms with Gasteiger partial charge in [-0.3, -0.25) is 0 Å². The number of rotatable bonds is 10. The van der Waals surface area contributed by atoms with Crippen LogP contribution in [-0.2, 0) is 0 Å². The van der Waals surface area contributed by atoms with Crippen molar-refractivity contribution in [3.63, 3.8) is 0 Å². The van der Waals surface area contributed by atoms with E-state index in [0.717, 1.165) is 12.8 Å². The van der Waals surface area contributed by atoms with E-state index >= 15 is 0 Å². The zero-order valence-electron chi connectivity index (χ0n) is 18.4. The Morgan fingerprint density at radius 2 is 1.93 bits per heavy atom. The molecule has 0 aromatic heterocycles. The molecule has 3 aliphatic rings. The molecule has 0 amide bonds. The molecule has 3 aliphatic carbocycles. The Kier molecular flexibility index (Phi) is 7.81. The minimum absolute atomic E-state index is 0.208. The molecular formula is C25H43NO2. The topological polar surface area (TPSA) is 43.7 Å². The maximum absolute atomic E-state index is 10.8. The second kappa shape index (κ2) is 9.91. The SMILES string of the molecule is CN(C)CCCCCC1=C[C@H]2C[C@@H](O)[C@H](C=CC[C@](C)(O)C3CCCC3)[C@H]2C1. The minimum atomic E-state index is -0.582. The van der Waals surface area contributed by atoms with Gasteiger partial charge in [0.2, 0.25) is 0 Å². The predicted molar refractivity (Wildman–Crippen MR) is 117 cm³/mol. The van der Waals surface area contributed by atoms with Crippen LogP contribution in [0.4, 0.5) is 0 Å². The standard InChI is InChI=1S/C25H43NO2/c1-25(28,21-11-6-7-12-21)14-9-13-22-23-17-19(16-20(23)18-24(22)27)10-5-4-8-15-26(2)3/h9,13,16,20-24,27-28H,4-8,10-12,14-15,17-18H2,1-3H3/t20-,22+,23-,24+,25-/m0/s1. The smallest absolute Gasteiger partial charge is 0.0682 e. The van der Waals surface area contributed by atoms with Gasteiger partial charge < -0.3 is 15.1 Å². The van der Waals surface area contributed by atoms with Crippen LogP contribution >= 0.6 is 0 Å². The van der Waals surface area contributed by atoms with Crippen molar-refractivity contribution >= 4 is 0 Å². The van der Waals surface area contributed by atoms with Crippen LogP contribution in [0.2, 0.25) is 0 Å². The highest BCUT2D eigenvalue weighted by Gasteiger charge is 2.43. The molecule has 160 valence electrons. The van der Waals surface area contributed by atoms with Gasteiger partial charge in [0.25, 0.3) is 0 Å². The van der Waals surface area contributed by atoms with Crippen LogP contribution in [0.25, 0.3) is 0 Å². The van der Waals surface area contributed by atoms with Crippen molar-refractivity contribution < 1.29 is 10.2 Å². The first-order valence-electron chi connectivity index (χ1n) is 11.8. The van der Waals surface area contributed by atoms with Gasteiger partial charge in [0, 0.05) is 5.92 Å². The Morgan fingerprint density at radius 1 is 1.18 bits per heavy atom. The summed E-state index contributed by atoms with van der Waals surface area (Å²) in [6, 6.07) is 0. The van der Waals surface area contributed by atoms with Crippen molar-refractivity contribution in [3.05, 3.63) is 23.8 Å². The van der Waals surface area contributed by atoms with Crippen molar-refractivity contribution in [3.8, 4) is 0 Å². The molecule has 0 bridgehead atoms. The first-order valence-corrected chi connectivity index (χ1v) is 11.8. The van der Waals surface area contributed by atoms with Crippen molar-refractivity contribution in [1.82, 2.24) is 4.90 Å². The van der Waals surface area contributed by atoms with E-state index in [4.69, 9.17) is 0 Å². The fourth-order valence-electron chi connectivity index (χ4n) is 5.93. The third-order valence-corrected chi connectivity index (χ3v) is 7.68. The molecule has 0 radical (unpaired) electrons. The Morgan fingerprint density at radius 3 is 2.64 bits per heavy atom. The number of allylic oxidation sites excluding steroid dienone is 2. The Bertz CT molecular complexity index is 545. The number of hydrogen-bond acceptors (Lipinski definition) is 3. The molecule has 2 fully saturated rings. The van der Waals surface area contributed by atoms with Gasteiger partial charge in [-0.05, 0) is 96.7 Å². The van der Waals surface area contributed by atoms with Crippen molar-refractivity contribution in [2.75, 3.05) is 20.6 Å². The van der Waals surface area contributed by atoms with Crippen molar-refractivity contribution in [2.45, 2.75) is 89.3 Å². The second-order valence-corrected chi connectivity index (χ2v) is 10.3. The van der Waals surface area contributed by atoms with Crippen LogP contribution in [0.5, 0.6) is 0 Å².